The summed E-state index contributed by atoms with van der Waals surface area (Å²) in [6.45, 7) is 0.393. The van der Waals surface area contributed by atoms with Crippen molar-refractivity contribution in [1.29, 1.82) is 0 Å². The number of aromatic nitrogens is 3. The molecule has 3 heterocycles. The molecule has 1 atom stereocenters. The lowest BCUT2D eigenvalue weighted by atomic mass is 10.00. The summed E-state index contributed by atoms with van der Waals surface area (Å²) in [6.07, 6.45) is 2.86. The number of pyridine rings is 1. The highest BCUT2D eigenvalue weighted by Gasteiger charge is 2.33. The predicted molar refractivity (Wildman–Crippen MR) is 94.6 cm³/mol. The molecule has 0 aliphatic carbocycles. The molecule has 0 radical (unpaired) electrons. The smallest absolute Gasteiger partial charge is 0.266 e. The van der Waals surface area contributed by atoms with Crippen molar-refractivity contribution in [2.45, 2.75) is 23.7 Å². The fourth-order valence-corrected chi connectivity index (χ4v) is 4.68. The van der Waals surface area contributed by atoms with Crippen LogP contribution >= 0.6 is 0 Å². The van der Waals surface area contributed by atoms with Crippen molar-refractivity contribution in [3.63, 3.8) is 0 Å². The Morgan fingerprint density at radius 2 is 1.96 bits per heavy atom. The minimum absolute atomic E-state index is 0.116. The van der Waals surface area contributed by atoms with Crippen LogP contribution in [0.3, 0.4) is 0 Å². The Bertz CT molecular complexity index is 1090. The van der Waals surface area contributed by atoms with Gasteiger partial charge in [-0.1, -0.05) is 6.07 Å². The molecule has 1 aromatic carbocycles. The van der Waals surface area contributed by atoms with Gasteiger partial charge in [0.15, 0.2) is 11.6 Å². The van der Waals surface area contributed by atoms with E-state index in [0.717, 1.165) is 12.1 Å². The molecule has 1 aliphatic heterocycles. The molecule has 28 heavy (non-hydrogen) atoms. The Hall–Kier alpha value is -2.72. The van der Waals surface area contributed by atoms with Crippen LogP contribution in [0.1, 0.15) is 24.7 Å². The van der Waals surface area contributed by atoms with E-state index in [0.29, 0.717) is 30.5 Å². The van der Waals surface area contributed by atoms with E-state index in [1.807, 2.05) is 0 Å². The second-order valence-electron chi connectivity index (χ2n) is 6.44. The van der Waals surface area contributed by atoms with Gasteiger partial charge < -0.3 is 4.42 Å². The van der Waals surface area contributed by atoms with Crippen molar-refractivity contribution in [1.82, 2.24) is 19.5 Å². The molecular formula is C18H16F2N4O3S. The molecule has 7 nitrogen and oxygen atoms in total. The molecule has 0 amide bonds. The van der Waals surface area contributed by atoms with Crippen molar-refractivity contribution in [2.75, 3.05) is 13.1 Å². The van der Waals surface area contributed by atoms with Crippen LogP contribution in [0, 0.1) is 11.6 Å². The van der Waals surface area contributed by atoms with Crippen LogP contribution in [0.2, 0.25) is 0 Å². The quantitative estimate of drug-likeness (QED) is 0.662. The summed E-state index contributed by atoms with van der Waals surface area (Å²) in [5.74, 6) is -2.00. The van der Waals surface area contributed by atoms with Crippen LogP contribution in [0.25, 0.3) is 11.6 Å². The third kappa shape index (κ3) is 3.52. The molecule has 0 saturated carbocycles. The van der Waals surface area contributed by atoms with Gasteiger partial charge in [0.25, 0.3) is 5.89 Å². The lowest BCUT2D eigenvalue weighted by Crippen LogP contribution is -2.39. The van der Waals surface area contributed by atoms with Crippen LogP contribution in [-0.4, -0.2) is 41.0 Å². The van der Waals surface area contributed by atoms with Crippen molar-refractivity contribution >= 4 is 10.0 Å². The van der Waals surface area contributed by atoms with E-state index >= 15 is 0 Å². The van der Waals surface area contributed by atoms with Crippen molar-refractivity contribution < 1.29 is 21.6 Å². The van der Waals surface area contributed by atoms with Crippen LogP contribution < -0.4 is 0 Å². The van der Waals surface area contributed by atoms with Gasteiger partial charge >= 0.3 is 0 Å². The van der Waals surface area contributed by atoms with Crippen molar-refractivity contribution in [3.05, 3.63) is 60.1 Å². The van der Waals surface area contributed by atoms with Gasteiger partial charge in [-0.3, -0.25) is 4.98 Å². The normalized spacial score (nSPS) is 18.3. The van der Waals surface area contributed by atoms with E-state index in [1.165, 1.54) is 4.31 Å². The van der Waals surface area contributed by atoms with Gasteiger partial charge in [0.2, 0.25) is 15.9 Å². The van der Waals surface area contributed by atoms with Crippen LogP contribution in [-0.2, 0) is 10.0 Å². The van der Waals surface area contributed by atoms with Gasteiger partial charge in [0.1, 0.15) is 5.69 Å². The number of piperidine rings is 1. The number of hydrogen-bond acceptors (Lipinski definition) is 6. The molecule has 2 aromatic heterocycles. The summed E-state index contributed by atoms with van der Waals surface area (Å²) in [5, 5.41) is 8.03. The molecule has 3 aromatic rings. The fraction of sp³-hybridized carbons (Fsp3) is 0.278. The Morgan fingerprint density at radius 1 is 1.11 bits per heavy atom. The molecule has 1 aliphatic rings. The maximum absolute atomic E-state index is 13.5. The van der Waals surface area contributed by atoms with Gasteiger partial charge in [-0.05, 0) is 43.2 Å². The second-order valence-corrected chi connectivity index (χ2v) is 8.38. The number of nitrogens with zero attached hydrogens (tertiary/aromatic N) is 4. The summed E-state index contributed by atoms with van der Waals surface area (Å²) in [7, 11) is -3.96. The molecule has 146 valence electrons. The lowest BCUT2D eigenvalue weighted by molar-refractivity contribution is 0.286. The zero-order chi connectivity index (χ0) is 19.7. The molecule has 1 saturated heterocycles. The molecule has 0 N–H and O–H groups in total. The monoisotopic (exact) mass is 406 g/mol. The zero-order valence-electron chi connectivity index (χ0n) is 14.6. The zero-order valence-corrected chi connectivity index (χ0v) is 15.4. The third-order valence-corrected chi connectivity index (χ3v) is 6.45. The Balaban J connectivity index is 1.56. The van der Waals surface area contributed by atoms with Gasteiger partial charge in [0, 0.05) is 19.3 Å². The summed E-state index contributed by atoms with van der Waals surface area (Å²) in [5.41, 5.74) is 0.531. The molecule has 0 spiro atoms. The minimum Gasteiger partial charge on any atom is -0.419 e. The minimum atomic E-state index is -3.96. The first-order chi connectivity index (χ1) is 13.4. The summed E-state index contributed by atoms with van der Waals surface area (Å²) in [6, 6.07) is 7.86. The summed E-state index contributed by atoms with van der Waals surface area (Å²) < 4.78 is 59.2. The standard InChI is InChI=1S/C18H16F2N4O3S/c19-14-7-6-13(10-15(14)20)28(25,26)24-9-3-4-12(11-24)17-22-23-18(27-17)16-5-1-2-8-21-16/h1-2,5-8,10,12H,3-4,9,11H2. The van der Waals surface area contributed by atoms with E-state index in [2.05, 4.69) is 15.2 Å². The van der Waals surface area contributed by atoms with E-state index in [-0.39, 0.29) is 29.8 Å². The Labute approximate surface area is 160 Å². The topological polar surface area (TPSA) is 89.2 Å². The van der Waals surface area contributed by atoms with E-state index in [9.17, 15) is 17.2 Å². The number of rotatable bonds is 4. The molecule has 1 fully saturated rings. The maximum atomic E-state index is 13.5. The first-order valence-electron chi connectivity index (χ1n) is 8.65. The molecular weight excluding hydrogens is 390 g/mol. The summed E-state index contributed by atoms with van der Waals surface area (Å²) >= 11 is 0. The lowest BCUT2D eigenvalue weighted by Gasteiger charge is -2.30. The van der Waals surface area contributed by atoms with E-state index in [1.54, 1.807) is 24.4 Å². The third-order valence-electron chi connectivity index (χ3n) is 4.59. The fourth-order valence-electron chi connectivity index (χ4n) is 3.14. The number of halogens is 2. The molecule has 10 heteroatoms. The molecule has 1 unspecified atom stereocenters. The van der Waals surface area contributed by atoms with E-state index in [4.69, 9.17) is 4.42 Å². The Morgan fingerprint density at radius 3 is 2.71 bits per heavy atom. The van der Waals surface area contributed by atoms with Crippen LogP contribution in [0.5, 0.6) is 0 Å². The largest absolute Gasteiger partial charge is 0.419 e. The highest BCUT2D eigenvalue weighted by Crippen LogP contribution is 2.31. The number of sulfonamides is 1. The van der Waals surface area contributed by atoms with Gasteiger partial charge in [-0.15, -0.1) is 10.2 Å². The number of benzene rings is 1. The number of hydrogen-bond donors (Lipinski definition) is 0. The van der Waals surface area contributed by atoms with Gasteiger partial charge in [0.05, 0.1) is 10.8 Å². The maximum Gasteiger partial charge on any atom is 0.266 e. The van der Waals surface area contributed by atoms with Crippen molar-refractivity contribution in [3.8, 4) is 11.6 Å². The van der Waals surface area contributed by atoms with E-state index < -0.39 is 21.7 Å². The second kappa shape index (κ2) is 7.36. The average molecular weight is 406 g/mol. The summed E-state index contributed by atoms with van der Waals surface area (Å²) in [4.78, 5) is 3.86. The van der Waals surface area contributed by atoms with Crippen molar-refractivity contribution in [2.24, 2.45) is 0 Å². The SMILES string of the molecule is O=S(=O)(c1ccc(F)c(F)c1)N1CCCC(c2nnc(-c3ccccn3)o2)C1. The van der Waals surface area contributed by atoms with Gasteiger partial charge in [-0.25, -0.2) is 17.2 Å². The molecule has 0 bridgehead atoms. The first-order valence-corrected chi connectivity index (χ1v) is 10.1. The average Bonchev–Trinajstić information content (AvgIpc) is 3.21. The van der Waals surface area contributed by atoms with Gasteiger partial charge in [-0.2, -0.15) is 4.31 Å². The predicted octanol–water partition coefficient (Wildman–Crippen LogP) is 2.98. The molecule has 4 rings (SSSR count). The first kappa shape index (κ1) is 18.6. The van der Waals surface area contributed by atoms with Crippen LogP contribution in [0.15, 0.2) is 51.9 Å². The Kier molecular flexibility index (Phi) is 4.90. The van der Waals surface area contributed by atoms with Crippen LogP contribution in [0.4, 0.5) is 8.78 Å². The highest BCUT2D eigenvalue weighted by atomic mass is 32.2. The highest BCUT2D eigenvalue weighted by molar-refractivity contribution is 7.89.